The van der Waals surface area contributed by atoms with Crippen molar-refractivity contribution in [1.82, 2.24) is 5.32 Å². The number of amides is 1. The van der Waals surface area contributed by atoms with Crippen LogP contribution < -0.4 is 10.6 Å². The number of methoxy groups -OCH3 is 1. The highest BCUT2D eigenvalue weighted by molar-refractivity contribution is 6.68. The quantitative estimate of drug-likeness (QED) is 0.447. The van der Waals surface area contributed by atoms with Gasteiger partial charge < -0.3 is 10.1 Å². The van der Waals surface area contributed by atoms with E-state index in [4.69, 9.17) is 39.5 Å². The highest BCUT2D eigenvalue weighted by atomic mass is 35.6. The van der Waals surface area contributed by atoms with Crippen LogP contribution in [-0.2, 0) is 4.74 Å². The maximum Gasteiger partial charge on any atom is 0.262 e. The summed E-state index contributed by atoms with van der Waals surface area (Å²) in [4.78, 5) is 12.2. The Morgan fingerprint density at radius 2 is 2.14 bits per heavy atom. The molecule has 21 heavy (non-hydrogen) atoms. The summed E-state index contributed by atoms with van der Waals surface area (Å²) >= 11 is 17.8. The molecule has 1 rings (SSSR count). The van der Waals surface area contributed by atoms with Gasteiger partial charge in [0.1, 0.15) is 0 Å². The van der Waals surface area contributed by atoms with E-state index in [1.54, 1.807) is 24.6 Å². The molecule has 0 aliphatic carbocycles. The smallest absolute Gasteiger partial charge is 0.262 e. The van der Waals surface area contributed by atoms with Gasteiger partial charge >= 0.3 is 0 Å². The second-order valence-electron chi connectivity index (χ2n) is 4.73. The van der Waals surface area contributed by atoms with E-state index < -0.39 is 9.96 Å². The van der Waals surface area contributed by atoms with Crippen molar-refractivity contribution >= 4 is 40.7 Å². The zero-order valence-electron chi connectivity index (χ0n) is 12.0. The van der Waals surface area contributed by atoms with Crippen molar-refractivity contribution in [3.8, 4) is 0 Å². The molecule has 0 aliphatic heterocycles. The lowest BCUT2D eigenvalue weighted by molar-refractivity contribution is -0.692. The maximum absolute atomic E-state index is 12.2. The Balaban J connectivity index is 2.65. The van der Waals surface area contributed by atoms with Crippen LogP contribution >= 0.6 is 34.8 Å². The summed E-state index contributed by atoms with van der Waals surface area (Å²) in [6.45, 7) is 3.22. The molecule has 0 fully saturated rings. The van der Waals surface area contributed by atoms with Gasteiger partial charge in [-0.25, -0.2) is 0 Å². The minimum Gasteiger partial charge on any atom is -0.384 e. The number of aryl methyl sites for hydroxylation is 1. The first-order valence-electron chi connectivity index (χ1n) is 6.61. The van der Waals surface area contributed by atoms with Crippen LogP contribution in [0.25, 0.3) is 0 Å². The van der Waals surface area contributed by atoms with Gasteiger partial charge in [-0.2, -0.15) is 0 Å². The first-order chi connectivity index (χ1) is 9.84. The van der Waals surface area contributed by atoms with Gasteiger partial charge in [-0.15, -0.1) is 0 Å². The second-order valence-corrected chi connectivity index (χ2v) is 7.10. The molecule has 0 aromatic heterocycles. The lowest BCUT2D eigenvalue weighted by atomic mass is 10.1. The molecule has 0 unspecified atom stereocenters. The van der Waals surface area contributed by atoms with E-state index >= 15 is 0 Å². The van der Waals surface area contributed by atoms with Gasteiger partial charge in [0.05, 0.1) is 13.2 Å². The van der Waals surface area contributed by atoms with Crippen molar-refractivity contribution in [2.75, 3.05) is 20.3 Å². The molecule has 0 aliphatic rings. The number of carbonyl (C=O) groups is 1. The van der Waals surface area contributed by atoms with Gasteiger partial charge in [0.15, 0.2) is 0 Å². The number of hydrogen-bond donors (Lipinski definition) is 2. The van der Waals surface area contributed by atoms with E-state index in [1.165, 1.54) is 0 Å². The average molecular weight is 355 g/mol. The number of alkyl halides is 3. The van der Waals surface area contributed by atoms with Gasteiger partial charge in [0.25, 0.3) is 9.70 Å². The number of ether oxygens (including phenoxy) is 1. The largest absolute Gasteiger partial charge is 0.384 e. The fraction of sp³-hybridized carbons (Fsp3) is 0.500. The minimum absolute atomic E-state index is 0.266. The lowest BCUT2D eigenvalue weighted by Crippen LogP contribution is -2.96. The number of halogens is 3. The van der Waals surface area contributed by atoms with Crippen LogP contribution in [0, 0.1) is 6.92 Å². The normalized spacial score (nSPS) is 13.0. The van der Waals surface area contributed by atoms with Crippen LogP contribution in [0.2, 0.25) is 0 Å². The van der Waals surface area contributed by atoms with E-state index in [9.17, 15) is 4.79 Å². The SMILES string of the molecule is COCCC[NH2+][C@H](NC(=O)c1cccc(C)c1)C(Cl)(Cl)Cl. The van der Waals surface area contributed by atoms with Crippen molar-refractivity contribution in [2.24, 2.45) is 0 Å². The predicted molar refractivity (Wildman–Crippen MR) is 86.0 cm³/mol. The first-order valence-corrected chi connectivity index (χ1v) is 7.74. The number of carbonyl (C=O) groups excluding carboxylic acids is 1. The number of hydrogen-bond acceptors (Lipinski definition) is 2. The molecule has 4 nitrogen and oxygen atoms in total. The van der Waals surface area contributed by atoms with Crippen LogP contribution in [0.1, 0.15) is 22.3 Å². The number of benzene rings is 1. The zero-order chi connectivity index (χ0) is 15.9. The highest BCUT2D eigenvalue weighted by Crippen LogP contribution is 2.27. The molecule has 1 aromatic rings. The fourth-order valence-electron chi connectivity index (χ4n) is 1.80. The summed E-state index contributed by atoms with van der Waals surface area (Å²) < 4.78 is 3.38. The van der Waals surface area contributed by atoms with Crippen LogP contribution in [0.5, 0.6) is 0 Å². The summed E-state index contributed by atoms with van der Waals surface area (Å²) in [5.41, 5.74) is 1.54. The van der Waals surface area contributed by atoms with Gasteiger partial charge in [-0.05, 0) is 19.1 Å². The van der Waals surface area contributed by atoms with Crippen molar-refractivity contribution in [3.63, 3.8) is 0 Å². The number of rotatable bonds is 7. The molecule has 0 spiro atoms. The second kappa shape index (κ2) is 8.81. The third-order valence-electron chi connectivity index (χ3n) is 2.87. The molecule has 1 amide bonds. The Morgan fingerprint density at radius 1 is 1.43 bits per heavy atom. The maximum atomic E-state index is 12.2. The topological polar surface area (TPSA) is 54.9 Å². The molecule has 0 radical (unpaired) electrons. The standard InChI is InChI=1S/C14H19Cl3N2O2/c1-10-5-3-6-11(9-10)12(20)19-13(14(15,16)17)18-7-4-8-21-2/h3,5-6,9,13,18H,4,7-8H2,1-2H3,(H,19,20)/p+1/t13-/m1/s1. The van der Waals surface area contributed by atoms with Crippen molar-refractivity contribution in [2.45, 2.75) is 23.3 Å². The zero-order valence-corrected chi connectivity index (χ0v) is 14.3. The Hall–Kier alpha value is -0.520. The van der Waals surface area contributed by atoms with E-state index in [2.05, 4.69) is 5.32 Å². The third kappa shape index (κ3) is 6.85. The molecule has 0 bridgehead atoms. The molecule has 0 saturated heterocycles. The molecule has 1 atom stereocenters. The van der Waals surface area contributed by atoms with Crippen LogP contribution in [-0.4, -0.2) is 36.1 Å². The molecule has 1 aromatic carbocycles. The Labute approximate surface area is 140 Å². The Morgan fingerprint density at radius 3 is 2.71 bits per heavy atom. The van der Waals surface area contributed by atoms with E-state index in [0.717, 1.165) is 12.0 Å². The summed E-state index contributed by atoms with van der Waals surface area (Å²) in [6.07, 6.45) is 0.140. The molecule has 0 heterocycles. The van der Waals surface area contributed by atoms with Crippen molar-refractivity contribution in [1.29, 1.82) is 0 Å². The predicted octanol–water partition coefficient (Wildman–Crippen LogP) is 2.02. The van der Waals surface area contributed by atoms with Gasteiger partial charge in [0.2, 0.25) is 6.17 Å². The average Bonchev–Trinajstić information content (AvgIpc) is 2.40. The highest BCUT2D eigenvalue weighted by Gasteiger charge is 2.37. The lowest BCUT2D eigenvalue weighted by Gasteiger charge is -2.23. The van der Waals surface area contributed by atoms with Gasteiger partial charge in [-0.3, -0.25) is 10.1 Å². The van der Waals surface area contributed by atoms with Crippen molar-refractivity contribution in [3.05, 3.63) is 35.4 Å². The van der Waals surface area contributed by atoms with Gasteiger partial charge in [-0.1, -0.05) is 52.5 Å². The van der Waals surface area contributed by atoms with Crippen molar-refractivity contribution < 1.29 is 14.8 Å². The van der Waals surface area contributed by atoms with Gasteiger partial charge in [0, 0.05) is 19.1 Å². The monoisotopic (exact) mass is 353 g/mol. The molecular weight excluding hydrogens is 335 g/mol. The van der Waals surface area contributed by atoms with Crippen LogP contribution in [0.15, 0.2) is 24.3 Å². The van der Waals surface area contributed by atoms with E-state index in [0.29, 0.717) is 18.7 Å². The minimum atomic E-state index is -1.59. The summed E-state index contributed by atoms with van der Waals surface area (Å²) in [7, 11) is 1.63. The molecule has 7 heteroatoms. The number of quaternary nitrogens is 1. The van der Waals surface area contributed by atoms with Crippen LogP contribution in [0.3, 0.4) is 0 Å². The molecule has 118 valence electrons. The summed E-state index contributed by atoms with van der Waals surface area (Å²) in [5, 5.41) is 4.54. The summed E-state index contributed by atoms with van der Waals surface area (Å²) in [6, 6.07) is 7.25. The van der Waals surface area contributed by atoms with E-state index in [-0.39, 0.29) is 5.91 Å². The Bertz CT molecular complexity index is 464. The fourth-order valence-corrected chi connectivity index (χ4v) is 2.23. The van der Waals surface area contributed by atoms with E-state index in [1.807, 2.05) is 19.1 Å². The number of nitrogens with one attached hydrogen (secondary N) is 1. The Kier molecular flexibility index (Phi) is 7.77. The summed E-state index contributed by atoms with van der Waals surface area (Å²) in [5.74, 6) is -0.266. The molecule has 3 N–H and O–H groups in total. The number of nitrogens with two attached hydrogens (primary N) is 1. The third-order valence-corrected chi connectivity index (χ3v) is 3.58. The first kappa shape index (κ1) is 18.5. The van der Waals surface area contributed by atoms with Crippen LogP contribution in [0.4, 0.5) is 0 Å². The molecule has 0 saturated carbocycles. The molecular formula is C14H20Cl3N2O2+.